The van der Waals surface area contributed by atoms with Gasteiger partial charge >= 0.3 is 0 Å². The maximum absolute atomic E-state index is 12.4. The fourth-order valence-electron chi connectivity index (χ4n) is 2.19. The lowest BCUT2D eigenvalue weighted by atomic mass is 10.1. The lowest BCUT2D eigenvalue weighted by molar-refractivity contribution is 0.0891. The number of nitrogens with one attached hydrogen (secondary N) is 2. The second-order valence-electron chi connectivity index (χ2n) is 5.03. The minimum absolute atomic E-state index is 0.0494. The summed E-state index contributed by atoms with van der Waals surface area (Å²) in [6.45, 7) is 7.45. The summed E-state index contributed by atoms with van der Waals surface area (Å²) in [4.78, 5) is 16.9. The maximum atomic E-state index is 12.4. The van der Waals surface area contributed by atoms with E-state index < -0.39 is 0 Å². The molecule has 0 saturated heterocycles. The van der Waals surface area contributed by atoms with Crippen LogP contribution in [0.25, 0.3) is 0 Å². The van der Waals surface area contributed by atoms with Gasteiger partial charge in [0.15, 0.2) is 0 Å². The van der Waals surface area contributed by atoms with Crippen molar-refractivity contribution in [3.8, 4) is 0 Å². The molecular formula is C16H27N3O2. The van der Waals surface area contributed by atoms with E-state index >= 15 is 0 Å². The van der Waals surface area contributed by atoms with E-state index in [1.54, 1.807) is 13.2 Å². The highest BCUT2D eigenvalue weighted by molar-refractivity contribution is 5.95. The van der Waals surface area contributed by atoms with E-state index in [0.29, 0.717) is 12.2 Å². The number of hydrogen-bond donors (Lipinski definition) is 2. The van der Waals surface area contributed by atoms with Crippen LogP contribution in [0.15, 0.2) is 12.1 Å². The minimum atomic E-state index is -0.0678. The van der Waals surface area contributed by atoms with Crippen LogP contribution in [-0.2, 0) is 11.2 Å². The molecule has 2 N–H and O–H groups in total. The number of aryl methyl sites for hydroxylation is 1. The third-order valence-electron chi connectivity index (χ3n) is 3.20. The van der Waals surface area contributed by atoms with Crippen LogP contribution in [-0.4, -0.2) is 37.2 Å². The number of methoxy groups -OCH3 is 1. The standard InChI is InChI=1S/C16H27N3O2/c1-5-8-14(11-21-4)19-16(20)12-9-13(6-2)18-15(10-12)17-7-3/h9-10,14H,5-8,11H2,1-4H3,(H,17,18)(H,19,20). The molecule has 1 heterocycles. The van der Waals surface area contributed by atoms with E-state index in [1.807, 2.05) is 19.9 Å². The van der Waals surface area contributed by atoms with Gasteiger partial charge in [-0.15, -0.1) is 0 Å². The molecule has 1 aromatic heterocycles. The molecular weight excluding hydrogens is 266 g/mol. The van der Waals surface area contributed by atoms with Crippen molar-refractivity contribution in [3.63, 3.8) is 0 Å². The number of amides is 1. The second kappa shape index (κ2) is 9.34. The Balaban J connectivity index is 2.86. The summed E-state index contributed by atoms with van der Waals surface area (Å²) in [6, 6.07) is 3.70. The van der Waals surface area contributed by atoms with Crippen LogP contribution in [0.2, 0.25) is 0 Å². The van der Waals surface area contributed by atoms with Crippen LogP contribution in [0.3, 0.4) is 0 Å². The fraction of sp³-hybridized carbons (Fsp3) is 0.625. The molecule has 0 fully saturated rings. The molecule has 0 radical (unpaired) electrons. The predicted octanol–water partition coefficient (Wildman–Crippen LogP) is 2.62. The van der Waals surface area contributed by atoms with Crippen LogP contribution in [0.4, 0.5) is 5.82 Å². The van der Waals surface area contributed by atoms with E-state index in [-0.39, 0.29) is 11.9 Å². The van der Waals surface area contributed by atoms with Crippen LogP contribution >= 0.6 is 0 Å². The highest BCUT2D eigenvalue weighted by Gasteiger charge is 2.14. The summed E-state index contributed by atoms with van der Waals surface area (Å²) in [5.74, 6) is 0.683. The molecule has 1 amide bonds. The molecule has 0 aliphatic carbocycles. The van der Waals surface area contributed by atoms with Crippen LogP contribution in [0.5, 0.6) is 0 Å². The second-order valence-corrected chi connectivity index (χ2v) is 5.03. The number of carbonyl (C=O) groups excluding carboxylic acids is 1. The maximum Gasteiger partial charge on any atom is 0.251 e. The molecule has 5 nitrogen and oxygen atoms in total. The number of aromatic nitrogens is 1. The first-order valence-electron chi connectivity index (χ1n) is 7.69. The minimum Gasteiger partial charge on any atom is -0.383 e. The average Bonchev–Trinajstić information content (AvgIpc) is 2.47. The first kappa shape index (κ1) is 17.4. The zero-order valence-electron chi connectivity index (χ0n) is 13.5. The van der Waals surface area contributed by atoms with Gasteiger partial charge in [0.25, 0.3) is 5.91 Å². The van der Waals surface area contributed by atoms with Crippen molar-refractivity contribution in [2.24, 2.45) is 0 Å². The quantitative estimate of drug-likeness (QED) is 0.734. The molecule has 1 aromatic rings. The van der Waals surface area contributed by atoms with Gasteiger partial charge in [-0.1, -0.05) is 20.3 Å². The molecule has 1 atom stereocenters. The molecule has 0 aromatic carbocycles. The summed E-state index contributed by atoms with van der Waals surface area (Å²) in [6.07, 6.45) is 2.72. The predicted molar refractivity (Wildman–Crippen MR) is 85.8 cm³/mol. The number of anilines is 1. The van der Waals surface area contributed by atoms with Gasteiger partial charge in [-0.25, -0.2) is 4.98 Å². The molecule has 0 spiro atoms. The molecule has 21 heavy (non-hydrogen) atoms. The van der Waals surface area contributed by atoms with Gasteiger partial charge in [0, 0.05) is 24.9 Å². The molecule has 0 aliphatic heterocycles. The number of pyridine rings is 1. The fourth-order valence-corrected chi connectivity index (χ4v) is 2.19. The zero-order chi connectivity index (χ0) is 15.7. The Morgan fingerprint density at radius 1 is 1.33 bits per heavy atom. The van der Waals surface area contributed by atoms with Gasteiger partial charge in [0.1, 0.15) is 5.82 Å². The van der Waals surface area contributed by atoms with Gasteiger partial charge in [-0.3, -0.25) is 4.79 Å². The lowest BCUT2D eigenvalue weighted by Crippen LogP contribution is -2.38. The summed E-state index contributed by atoms with van der Waals surface area (Å²) >= 11 is 0. The number of nitrogens with zero attached hydrogens (tertiary/aromatic N) is 1. The van der Waals surface area contributed by atoms with Crippen LogP contribution in [0, 0.1) is 0 Å². The zero-order valence-corrected chi connectivity index (χ0v) is 13.5. The smallest absolute Gasteiger partial charge is 0.251 e. The van der Waals surface area contributed by atoms with E-state index in [2.05, 4.69) is 22.5 Å². The van der Waals surface area contributed by atoms with E-state index in [1.165, 1.54) is 0 Å². The SMILES string of the molecule is CCCC(COC)NC(=O)c1cc(CC)nc(NCC)c1. The monoisotopic (exact) mass is 293 g/mol. The third-order valence-corrected chi connectivity index (χ3v) is 3.20. The first-order valence-corrected chi connectivity index (χ1v) is 7.69. The number of carbonyl (C=O) groups is 1. The van der Waals surface area contributed by atoms with Crippen molar-refractivity contribution in [2.45, 2.75) is 46.1 Å². The summed E-state index contributed by atoms with van der Waals surface area (Å²) in [7, 11) is 1.65. The Morgan fingerprint density at radius 3 is 2.67 bits per heavy atom. The van der Waals surface area contributed by atoms with Crippen molar-refractivity contribution in [1.29, 1.82) is 0 Å². The number of rotatable bonds is 9. The van der Waals surface area contributed by atoms with E-state index in [4.69, 9.17) is 4.74 Å². The van der Waals surface area contributed by atoms with E-state index in [0.717, 1.165) is 37.3 Å². The summed E-state index contributed by atoms with van der Waals surface area (Å²) < 4.78 is 5.16. The summed E-state index contributed by atoms with van der Waals surface area (Å²) in [5, 5.41) is 6.20. The van der Waals surface area contributed by atoms with Crippen LogP contribution < -0.4 is 10.6 Å². The van der Waals surface area contributed by atoms with Gasteiger partial charge in [-0.05, 0) is 31.9 Å². The number of hydrogen-bond acceptors (Lipinski definition) is 4. The average molecular weight is 293 g/mol. The molecule has 1 unspecified atom stereocenters. The van der Waals surface area contributed by atoms with Crippen molar-refractivity contribution in [2.75, 3.05) is 25.6 Å². The number of ether oxygens (including phenoxy) is 1. The Morgan fingerprint density at radius 2 is 2.10 bits per heavy atom. The Hall–Kier alpha value is -1.62. The van der Waals surface area contributed by atoms with Crippen molar-refractivity contribution >= 4 is 11.7 Å². The Labute approximate surface area is 127 Å². The molecule has 0 bridgehead atoms. The van der Waals surface area contributed by atoms with Crippen molar-refractivity contribution in [1.82, 2.24) is 10.3 Å². The van der Waals surface area contributed by atoms with Gasteiger partial charge in [0.2, 0.25) is 0 Å². The topological polar surface area (TPSA) is 63.2 Å². The third kappa shape index (κ3) is 5.71. The first-order chi connectivity index (χ1) is 10.1. The lowest BCUT2D eigenvalue weighted by Gasteiger charge is -2.17. The van der Waals surface area contributed by atoms with Gasteiger partial charge in [-0.2, -0.15) is 0 Å². The highest BCUT2D eigenvalue weighted by Crippen LogP contribution is 2.12. The molecule has 0 saturated carbocycles. The summed E-state index contributed by atoms with van der Waals surface area (Å²) in [5.41, 5.74) is 1.56. The molecule has 118 valence electrons. The molecule has 0 aliphatic rings. The van der Waals surface area contributed by atoms with Crippen molar-refractivity contribution < 1.29 is 9.53 Å². The normalized spacial score (nSPS) is 12.0. The largest absolute Gasteiger partial charge is 0.383 e. The van der Waals surface area contributed by atoms with Crippen molar-refractivity contribution in [3.05, 3.63) is 23.4 Å². The Bertz CT molecular complexity index is 443. The van der Waals surface area contributed by atoms with E-state index in [9.17, 15) is 4.79 Å². The van der Waals surface area contributed by atoms with Crippen LogP contribution in [0.1, 0.15) is 49.7 Å². The molecule has 5 heteroatoms. The molecule has 1 rings (SSSR count). The van der Waals surface area contributed by atoms with Gasteiger partial charge < -0.3 is 15.4 Å². The van der Waals surface area contributed by atoms with Gasteiger partial charge in [0.05, 0.1) is 12.6 Å². The Kier molecular flexibility index (Phi) is 7.75. The highest BCUT2D eigenvalue weighted by atomic mass is 16.5.